The van der Waals surface area contributed by atoms with Gasteiger partial charge in [0.25, 0.3) is 0 Å². The summed E-state index contributed by atoms with van der Waals surface area (Å²) in [6.45, 7) is 4.95. The first-order chi connectivity index (χ1) is 10.5. The second-order valence-corrected chi connectivity index (χ2v) is 7.31. The number of nitriles is 1. The Morgan fingerprint density at radius 2 is 1.91 bits per heavy atom. The van der Waals surface area contributed by atoms with Gasteiger partial charge in [-0.15, -0.1) is 0 Å². The molecule has 2 heterocycles. The Morgan fingerprint density at radius 3 is 2.64 bits per heavy atom. The molecule has 1 aliphatic rings. The number of rotatable bonds is 2. The Hall–Kier alpha value is -2.10. The zero-order valence-corrected chi connectivity index (χ0v) is 13.3. The van der Waals surface area contributed by atoms with E-state index in [2.05, 4.69) is 4.57 Å². The van der Waals surface area contributed by atoms with Gasteiger partial charge in [0.15, 0.2) is 0 Å². The number of aryl methyl sites for hydroxylation is 1. The third-order valence-corrected chi connectivity index (χ3v) is 6.26. The van der Waals surface area contributed by atoms with Crippen LogP contribution in [0.5, 0.6) is 0 Å². The molecule has 0 saturated carbocycles. The van der Waals surface area contributed by atoms with Crippen molar-refractivity contribution in [3.8, 4) is 6.07 Å². The molecular formula is C16H17N3O2S. The predicted molar refractivity (Wildman–Crippen MR) is 82.6 cm³/mol. The zero-order valence-electron chi connectivity index (χ0n) is 12.5. The Labute approximate surface area is 130 Å². The van der Waals surface area contributed by atoms with Crippen LogP contribution in [0.4, 0.5) is 0 Å². The summed E-state index contributed by atoms with van der Waals surface area (Å²) in [6.07, 6.45) is 0. The number of hydrogen-bond donors (Lipinski definition) is 0. The lowest BCUT2D eigenvalue weighted by Crippen LogP contribution is -2.41. The Kier molecular flexibility index (Phi) is 3.55. The van der Waals surface area contributed by atoms with Crippen molar-refractivity contribution in [2.75, 3.05) is 6.54 Å². The Balaban J connectivity index is 2.06. The van der Waals surface area contributed by atoms with Crippen LogP contribution in [-0.2, 0) is 16.6 Å². The van der Waals surface area contributed by atoms with E-state index in [0.717, 1.165) is 11.4 Å². The van der Waals surface area contributed by atoms with Gasteiger partial charge in [-0.3, -0.25) is 0 Å². The van der Waals surface area contributed by atoms with Crippen LogP contribution in [0.3, 0.4) is 0 Å². The van der Waals surface area contributed by atoms with Crippen molar-refractivity contribution in [3.05, 3.63) is 53.3 Å². The molecule has 6 heteroatoms. The van der Waals surface area contributed by atoms with Gasteiger partial charge in [-0.2, -0.15) is 9.57 Å². The average Bonchev–Trinajstić information content (AvgIpc) is 2.90. The van der Waals surface area contributed by atoms with Crippen molar-refractivity contribution in [2.45, 2.75) is 31.3 Å². The molecule has 0 saturated heterocycles. The minimum absolute atomic E-state index is 0.0843. The molecule has 0 N–H and O–H groups in total. The van der Waals surface area contributed by atoms with Crippen molar-refractivity contribution in [3.63, 3.8) is 0 Å². The molecule has 1 atom stereocenters. The highest BCUT2D eigenvalue weighted by atomic mass is 32.2. The van der Waals surface area contributed by atoms with E-state index in [0.29, 0.717) is 13.1 Å². The van der Waals surface area contributed by atoms with Crippen LogP contribution in [-0.4, -0.2) is 23.8 Å². The lowest BCUT2D eigenvalue weighted by Gasteiger charge is -2.34. The number of sulfonamides is 1. The van der Waals surface area contributed by atoms with Gasteiger partial charge in [-0.05, 0) is 38.1 Å². The first-order valence-electron chi connectivity index (χ1n) is 7.14. The maximum Gasteiger partial charge on any atom is 0.245 e. The summed E-state index contributed by atoms with van der Waals surface area (Å²) in [4.78, 5) is 0.0843. The average molecular weight is 315 g/mol. The molecule has 1 aliphatic heterocycles. The van der Waals surface area contributed by atoms with Gasteiger partial charge >= 0.3 is 0 Å². The number of aromatic nitrogens is 1. The smallest absolute Gasteiger partial charge is 0.245 e. The zero-order chi connectivity index (χ0) is 15.9. The summed E-state index contributed by atoms with van der Waals surface area (Å²) < 4.78 is 29.5. The molecule has 0 unspecified atom stereocenters. The van der Waals surface area contributed by atoms with Crippen LogP contribution in [0.25, 0.3) is 0 Å². The van der Waals surface area contributed by atoms with E-state index in [1.54, 1.807) is 12.1 Å². The van der Waals surface area contributed by atoms with Crippen molar-refractivity contribution < 1.29 is 8.42 Å². The van der Waals surface area contributed by atoms with Gasteiger partial charge in [0.05, 0.1) is 16.5 Å². The molecule has 0 bridgehead atoms. The summed E-state index contributed by atoms with van der Waals surface area (Å²) >= 11 is 0. The molecule has 114 valence electrons. The van der Waals surface area contributed by atoms with Gasteiger partial charge in [-0.1, -0.05) is 12.1 Å². The van der Waals surface area contributed by atoms with Crippen molar-refractivity contribution in [1.82, 2.24) is 8.87 Å². The SMILES string of the molecule is Cc1ccc2n1CCN(S(=O)(=O)c1ccccc1C#N)[C@@H]2C. The van der Waals surface area contributed by atoms with Gasteiger partial charge in [-0.25, -0.2) is 8.42 Å². The van der Waals surface area contributed by atoms with E-state index in [9.17, 15) is 13.7 Å². The molecule has 0 radical (unpaired) electrons. The van der Waals surface area contributed by atoms with Crippen LogP contribution >= 0.6 is 0 Å². The second-order valence-electron chi connectivity index (χ2n) is 5.45. The van der Waals surface area contributed by atoms with E-state index in [-0.39, 0.29) is 16.5 Å². The number of hydrogen-bond acceptors (Lipinski definition) is 3. The fourth-order valence-electron chi connectivity index (χ4n) is 3.04. The fourth-order valence-corrected chi connectivity index (χ4v) is 4.78. The van der Waals surface area contributed by atoms with Crippen LogP contribution < -0.4 is 0 Å². The topological polar surface area (TPSA) is 66.1 Å². The molecule has 0 spiro atoms. The molecule has 0 amide bonds. The summed E-state index contributed by atoms with van der Waals surface area (Å²) in [5.74, 6) is 0. The molecule has 3 rings (SSSR count). The van der Waals surface area contributed by atoms with E-state index in [1.807, 2.05) is 32.0 Å². The van der Waals surface area contributed by atoms with E-state index in [4.69, 9.17) is 0 Å². The highest BCUT2D eigenvalue weighted by molar-refractivity contribution is 7.89. The molecule has 1 aromatic carbocycles. The molecule has 1 aromatic heterocycles. The third-order valence-electron chi connectivity index (χ3n) is 4.23. The third kappa shape index (κ3) is 2.14. The fraction of sp³-hybridized carbons (Fsp3) is 0.312. The van der Waals surface area contributed by atoms with Gasteiger partial charge in [0.1, 0.15) is 6.07 Å². The first-order valence-corrected chi connectivity index (χ1v) is 8.58. The van der Waals surface area contributed by atoms with Crippen LogP contribution in [0.2, 0.25) is 0 Å². The quantitative estimate of drug-likeness (QED) is 0.855. The molecule has 2 aromatic rings. The molecule has 5 nitrogen and oxygen atoms in total. The second kappa shape index (κ2) is 5.27. The first kappa shape index (κ1) is 14.8. The Bertz CT molecular complexity index is 862. The normalized spacial score (nSPS) is 18.7. The van der Waals surface area contributed by atoms with E-state index >= 15 is 0 Å². The number of fused-ring (bicyclic) bond motifs is 1. The van der Waals surface area contributed by atoms with Gasteiger partial charge in [0, 0.05) is 24.5 Å². The van der Waals surface area contributed by atoms with Crippen molar-refractivity contribution in [2.24, 2.45) is 0 Å². The number of nitrogens with zero attached hydrogens (tertiary/aromatic N) is 3. The van der Waals surface area contributed by atoms with Gasteiger partial charge < -0.3 is 4.57 Å². The standard InChI is InChI=1S/C16H17N3O2S/c1-12-7-8-15-13(2)19(10-9-18(12)15)22(20,21)16-6-4-3-5-14(16)11-17/h3-8,13H,9-10H2,1-2H3/t13-/m1/s1. The number of benzene rings is 1. The van der Waals surface area contributed by atoms with Crippen LogP contribution in [0.15, 0.2) is 41.3 Å². The maximum absolute atomic E-state index is 13.0. The van der Waals surface area contributed by atoms with Crippen LogP contribution in [0.1, 0.15) is 29.9 Å². The maximum atomic E-state index is 13.0. The molecular weight excluding hydrogens is 298 g/mol. The van der Waals surface area contributed by atoms with Crippen molar-refractivity contribution >= 4 is 10.0 Å². The minimum Gasteiger partial charge on any atom is -0.346 e. The summed E-state index contributed by atoms with van der Waals surface area (Å²) in [7, 11) is -3.69. The monoisotopic (exact) mass is 315 g/mol. The lowest BCUT2D eigenvalue weighted by molar-refractivity contribution is 0.280. The largest absolute Gasteiger partial charge is 0.346 e. The summed E-state index contributed by atoms with van der Waals surface area (Å²) in [6, 6.07) is 12.0. The van der Waals surface area contributed by atoms with E-state index < -0.39 is 10.0 Å². The van der Waals surface area contributed by atoms with Crippen molar-refractivity contribution in [1.29, 1.82) is 5.26 Å². The summed E-state index contributed by atoms with van der Waals surface area (Å²) in [5.41, 5.74) is 2.31. The lowest BCUT2D eigenvalue weighted by atomic mass is 10.2. The predicted octanol–water partition coefficient (Wildman–Crippen LogP) is 2.43. The highest BCUT2D eigenvalue weighted by Crippen LogP contribution is 2.32. The minimum atomic E-state index is -3.69. The molecule has 22 heavy (non-hydrogen) atoms. The van der Waals surface area contributed by atoms with Crippen LogP contribution in [0, 0.1) is 18.3 Å². The molecule has 0 aliphatic carbocycles. The Morgan fingerprint density at radius 1 is 1.18 bits per heavy atom. The highest BCUT2D eigenvalue weighted by Gasteiger charge is 2.35. The van der Waals surface area contributed by atoms with Gasteiger partial charge in [0.2, 0.25) is 10.0 Å². The van der Waals surface area contributed by atoms with E-state index in [1.165, 1.54) is 16.4 Å². The summed E-state index contributed by atoms with van der Waals surface area (Å²) in [5, 5.41) is 9.17. The molecule has 0 fully saturated rings.